The number of likely N-dealkylation sites (tertiary alicyclic amines) is 1. The summed E-state index contributed by atoms with van der Waals surface area (Å²) < 4.78 is 0. The second-order valence-electron chi connectivity index (χ2n) is 6.99. The van der Waals surface area contributed by atoms with Crippen molar-refractivity contribution in [1.29, 1.82) is 0 Å². The zero-order valence-electron chi connectivity index (χ0n) is 15.1. The normalized spacial score (nSPS) is 22.5. The van der Waals surface area contributed by atoms with E-state index < -0.39 is 6.04 Å². The highest BCUT2D eigenvalue weighted by Crippen LogP contribution is 2.20. The minimum atomic E-state index is -0.443. The number of hydrogen-bond donors (Lipinski definition) is 1. The minimum absolute atomic E-state index is 0.0691. The van der Waals surface area contributed by atoms with E-state index in [1.165, 1.54) is 4.80 Å². The van der Waals surface area contributed by atoms with E-state index in [0.29, 0.717) is 11.9 Å². The van der Waals surface area contributed by atoms with Crippen molar-refractivity contribution in [1.82, 2.24) is 35.3 Å². The van der Waals surface area contributed by atoms with Crippen molar-refractivity contribution in [3.05, 3.63) is 30.3 Å². The number of carbonyl (C=O) groups is 1. The molecule has 2 fully saturated rings. The average molecular weight is 355 g/mol. The highest BCUT2D eigenvalue weighted by Gasteiger charge is 2.33. The molecule has 8 heteroatoms. The van der Waals surface area contributed by atoms with Crippen LogP contribution in [-0.2, 0) is 4.79 Å². The van der Waals surface area contributed by atoms with Gasteiger partial charge < -0.3 is 10.2 Å². The summed E-state index contributed by atoms with van der Waals surface area (Å²) in [5.74, 6) is 0.616. The number of nitrogens with one attached hydrogen (secondary N) is 1. The van der Waals surface area contributed by atoms with Crippen molar-refractivity contribution in [2.24, 2.45) is 0 Å². The Kier molecular flexibility index (Phi) is 4.94. The second-order valence-corrected chi connectivity index (χ2v) is 6.99. The Labute approximate surface area is 153 Å². The van der Waals surface area contributed by atoms with Gasteiger partial charge in [0.05, 0.1) is 0 Å². The quantitative estimate of drug-likeness (QED) is 0.856. The maximum absolute atomic E-state index is 12.9. The molecule has 2 saturated heterocycles. The van der Waals surface area contributed by atoms with E-state index in [1.54, 1.807) is 0 Å². The first-order valence-corrected chi connectivity index (χ1v) is 9.31. The fraction of sp³-hybridized carbons (Fsp3) is 0.556. The Morgan fingerprint density at radius 3 is 2.73 bits per heavy atom. The van der Waals surface area contributed by atoms with Crippen LogP contribution < -0.4 is 5.32 Å². The van der Waals surface area contributed by atoms with Crippen LogP contribution in [0.25, 0.3) is 11.4 Å². The molecule has 3 heterocycles. The lowest BCUT2D eigenvalue weighted by molar-refractivity contribution is -0.134. The number of nitrogens with zero attached hydrogens (tertiary/aromatic N) is 6. The number of carbonyl (C=O) groups excluding carboxylic acids is 1. The van der Waals surface area contributed by atoms with E-state index in [1.807, 2.05) is 42.2 Å². The summed E-state index contributed by atoms with van der Waals surface area (Å²) in [6.45, 7) is 7.64. The highest BCUT2D eigenvalue weighted by molar-refractivity contribution is 5.80. The number of rotatable bonds is 4. The smallest absolute Gasteiger partial charge is 0.249 e. The standard InChI is InChI=1S/C18H25N7O/c1-14(25-21-17(20-22-25)15-5-3-2-4-6-15)18(26)24-10-7-16(13-24)23-11-8-19-9-12-23/h2-6,14,16,19H,7-13H2,1H3. The van der Waals surface area contributed by atoms with Gasteiger partial charge in [0.2, 0.25) is 11.7 Å². The van der Waals surface area contributed by atoms with Gasteiger partial charge >= 0.3 is 0 Å². The fourth-order valence-electron chi connectivity index (χ4n) is 3.74. The Bertz CT molecular complexity index is 741. The van der Waals surface area contributed by atoms with Crippen LogP contribution in [0.4, 0.5) is 0 Å². The van der Waals surface area contributed by atoms with Gasteiger partial charge in [-0.1, -0.05) is 30.3 Å². The maximum Gasteiger partial charge on any atom is 0.249 e. The van der Waals surface area contributed by atoms with Gasteiger partial charge in [-0.25, -0.2) is 0 Å². The van der Waals surface area contributed by atoms with Crippen molar-refractivity contribution in [3.63, 3.8) is 0 Å². The molecule has 26 heavy (non-hydrogen) atoms. The summed E-state index contributed by atoms with van der Waals surface area (Å²) in [6.07, 6.45) is 1.04. The van der Waals surface area contributed by atoms with Crippen LogP contribution in [0.5, 0.6) is 0 Å². The van der Waals surface area contributed by atoms with E-state index in [-0.39, 0.29) is 5.91 Å². The van der Waals surface area contributed by atoms with Crippen molar-refractivity contribution < 1.29 is 4.79 Å². The highest BCUT2D eigenvalue weighted by atomic mass is 16.2. The Morgan fingerprint density at radius 1 is 1.19 bits per heavy atom. The van der Waals surface area contributed by atoms with Crippen LogP contribution in [0.15, 0.2) is 30.3 Å². The van der Waals surface area contributed by atoms with Crippen LogP contribution >= 0.6 is 0 Å². The molecule has 4 rings (SSSR count). The molecule has 1 aromatic carbocycles. The molecule has 2 aliphatic heterocycles. The topological polar surface area (TPSA) is 79.2 Å². The SMILES string of the molecule is CC(C(=O)N1CCC(N2CCNCC2)C1)n1nnc(-c2ccccc2)n1. The molecule has 138 valence electrons. The predicted molar refractivity (Wildman–Crippen MR) is 97.4 cm³/mol. The summed E-state index contributed by atoms with van der Waals surface area (Å²) in [4.78, 5) is 18.8. The third kappa shape index (κ3) is 3.47. The lowest BCUT2D eigenvalue weighted by Crippen LogP contribution is -2.49. The van der Waals surface area contributed by atoms with E-state index in [0.717, 1.165) is 51.3 Å². The predicted octanol–water partition coefficient (Wildman–Crippen LogP) is 0.407. The molecule has 0 radical (unpaired) electrons. The first-order chi connectivity index (χ1) is 12.7. The molecule has 2 atom stereocenters. The van der Waals surface area contributed by atoms with E-state index in [2.05, 4.69) is 25.6 Å². The summed E-state index contributed by atoms with van der Waals surface area (Å²) in [6, 6.07) is 9.72. The molecule has 8 nitrogen and oxygen atoms in total. The lowest BCUT2D eigenvalue weighted by Gasteiger charge is -2.32. The number of hydrogen-bond acceptors (Lipinski definition) is 6. The molecular formula is C18H25N7O. The first-order valence-electron chi connectivity index (χ1n) is 9.31. The summed E-state index contributed by atoms with van der Waals surface area (Å²) in [7, 11) is 0. The summed E-state index contributed by atoms with van der Waals surface area (Å²) in [5, 5.41) is 16.0. The molecule has 2 aromatic rings. The lowest BCUT2D eigenvalue weighted by atomic mass is 10.2. The Hall–Kier alpha value is -2.32. The van der Waals surface area contributed by atoms with Gasteiger partial charge in [0.15, 0.2) is 0 Å². The number of benzene rings is 1. The third-order valence-electron chi connectivity index (χ3n) is 5.31. The minimum Gasteiger partial charge on any atom is -0.339 e. The number of amides is 1. The van der Waals surface area contributed by atoms with Crippen LogP contribution in [0.2, 0.25) is 0 Å². The fourth-order valence-corrected chi connectivity index (χ4v) is 3.74. The van der Waals surface area contributed by atoms with Crippen molar-refractivity contribution in [3.8, 4) is 11.4 Å². The number of aromatic nitrogens is 4. The third-order valence-corrected chi connectivity index (χ3v) is 5.31. The van der Waals surface area contributed by atoms with Gasteiger partial charge in [0, 0.05) is 50.9 Å². The van der Waals surface area contributed by atoms with Crippen molar-refractivity contribution in [2.75, 3.05) is 39.3 Å². The summed E-state index contributed by atoms with van der Waals surface area (Å²) in [5.41, 5.74) is 0.901. The monoisotopic (exact) mass is 355 g/mol. The zero-order chi connectivity index (χ0) is 17.9. The molecule has 0 aliphatic carbocycles. The number of piperazine rings is 1. The Morgan fingerprint density at radius 2 is 1.96 bits per heavy atom. The second kappa shape index (κ2) is 7.51. The molecule has 1 N–H and O–H groups in total. The van der Waals surface area contributed by atoms with Crippen LogP contribution in [0, 0.1) is 0 Å². The van der Waals surface area contributed by atoms with E-state index in [4.69, 9.17) is 0 Å². The van der Waals surface area contributed by atoms with E-state index >= 15 is 0 Å². The van der Waals surface area contributed by atoms with Crippen molar-refractivity contribution >= 4 is 5.91 Å². The molecular weight excluding hydrogens is 330 g/mol. The van der Waals surface area contributed by atoms with E-state index in [9.17, 15) is 4.79 Å². The van der Waals surface area contributed by atoms with Crippen LogP contribution in [0.1, 0.15) is 19.4 Å². The van der Waals surface area contributed by atoms with Gasteiger partial charge in [-0.05, 0) is 18.6 Å². The molecule has 2 unspecified atom stereocenters. The molecule has 1 amide bonds. The first kappa shape index (κ1) is 17.1. The zero-order valence-corrected chi connectivity index (χ0v) is 15.1. The van der Waals surface area contributed by atoms with Gasteiger partial charge in [-0.2, -0.15) is 4.80 Å². The molecule has 1 aromatic heterocycles. The van der Waals surface area contributed by atoms with Gasteiger partial charge in [-0.15, -0.1) is 10.2 Å². The van der Waals surface area contributed by atoms with Crippen LogP contribution in [-0.4, -0.2) is 81.2 Å². The molecule has 2 aliphatic rings. The molecule has 0 saturated carbocycles. The van der Waals surface area contributed by atoms with Gasteiger partial charge in [-0.3, -0.25) is 9.69 Å². The molecule has 0 bridgehead atoms. The van der Waals surface area contributed by atoms with Crippen molar-refractivity contribution in [2.45, 2.75) is 25.4 Å². The number of tetrazole rings is 1. The van der Waals surface area contributed by atoms with Gasteiger partial charge in [0.1, 0.15) is 6.04 Å². The molecule has 0 spiro atoms. The average Bonchev–Trinajstić information content (AvgIpc) is 3.38. The maximum atomic E-state index is 12.9. The van der Waals surface area contributed by atoms with Gasteiger partial charge in [0.25, 0.3) is 0 Å². The summed E-state index contributed by atoms with van der Waals surface area (Å²) >= 11 is 0. The van der Waals surface area contributed by atoms with Crippen LogP contribution in [0.3, 0.4) is 0 Å². The largest absolute Gasteiger partial charge is 0.339 e. The Balaban J connectivity index is 1.40.